The maximum Gasteiger partial charge on any atom is 0.391 e. The summed E-state index contributed by atoms with van der Waals surface area (Å²) in [6.45, 7) is 0. The number of alkyl halides is 10. The third-order valence-corrected chi connectivity index (χ3v) is 1.78. The van der Waals surface area contributed by atoms with Crippen molar-refractivity contribution >= 4 is 0 Å². The summed E-state index contributed by atoms with van der Waals surface area (Å²) >= 11 is 0. The highest BCUT2D eigenvalue weighted by Crippen LogP contribution is 2.31. The highest BCUT2D eigenvalue weighted by molar-refractivity contribution is 4.73. The minimum absolute atomic E-state index is 2.31. The van der Waals surface area contributed by atoms with Crippen LogP contribution in [0.3, 0.4) is 0 Å². The van der Waals surface area contributed by atoms with Crippen molar-refractivity contribution in [1.29, 1.82) is 0 Å². The predicted octanol–water partition coefficient (Wildman–Crippen LogP) is 4.18. The first-order chi connectivity index (χ1) is 8.32. The van der Waals surface area contributed by atoms with Gasteiger partial charge in [-0.15, -0.1) is 0 Å². The van der Waals surface area contributed by atoms with Crippen LogP contribution < -0.4 is 0 Å². The van der Waals surface area contributed by atoms with Crippen molar-refractivity contribution in [3.8, 4) is 0 Å². The fourth-order valence-corrected chi connectivity index (χ4v) is 1.07. The maximum atomic E-state index is 12.1. The molecule has 0 amide bonds. The van der Waals surface area contributed by atoms with Gasteiger partial charge in [-0.25, -0.2) is 17.6 Å². The summed E-state index contributed by atoms with van der Waals surface area (Å²) in [7, 11) is 0. The number of halogens is 10. The molecule has 0 aromatic heterocycles. The summed E-state index contributed by atoms with van der Waals surface area (Å²) in [4.78, 5) is 0. The van der Waals surface area contributed by atoms with Gasteiger partial charge in [-0.2, -0.15) is 26.3 Å². The Kier molecular flexibility index (Phi) is 6.36. The van der Waals surface area contributed by atoms with E-state index in [-0.39, 0.29) is 0 Å². The van der Waals surface area contributed by atoms with Crippen LogP contribution in [0.5, 0.6) is 0 Å². The third-order valence-electron chi connectivity index (χ3n) is 1.78. The molecule has 0 aromatic rings. The van der Waals surface area contributed by atoms with Crippen LogP contribution >= 0.6 is 0 Å². The average Bonchev–Trinajstić information content (AvgIpc) is 2.10. The molecule has 11 heteroatoms. The van der Waals surface area contributed by atoms with Crippen molar-refractivity contribution in [2.45, 2.75) is 50.3 Å². The van der Waals surface area contributed by atoms with Gasteiger partial charge in [0.2, 0.25) is 0 Å². The molecule has 0 aliphatic carbocycles. The van der Waals surface area contributed by atoms with Gasteiger partial charge in [-0.05, 0) is 0 Å². The van der Waals surface area contributed by atoms with Crippen LogP contribution in [0.2, 0.25) is 0 Å². The van der Waals surface area contributed by atoms with E-state index >= 15 is 0 Å². The van der Waals surface area contributed by atoms with Crippen molar-refractivity contribution in [2.75, 3.05) is 0 Å². The van der Waals surface area contributed by atoms with Crippen LogP contribution in [0.1, 0.15) is 12.8 Å². The van der Waals surface area contributed by atoms with Crippen LogP contribution in [0, 0.1) is 0 Å². The monoisotopic (exact) mass is 310 g/mol. The Labute approximate surface area is 100 Å². The van der Waals surface area contributed by atoms with Crippen LogP contribution in [-0.4, -0.2) is 37.4 Å². The molecule has 0 aliphatic rings. The first-order valence-corrected chi connectivity index (χ1v) is 4.67. The Morgan fingerprint density at radius 1 is 0.632 bits per heavy atom. The molecule has 0 bridgehead atoms. The van der Waals surface area contributed by atoms with Gasteiger partial charge < -0.3 is 4.74 Å². The van der Waals surface area contributed by atoms with Crippen LogP contribution in [0.25, 0.3) is 0 Å². The molecule has 116 valence electrons. The minimum atomic E-state index is -5.17. The lowest BCUT2D eigenvalue weighted by atomic mass is 10.2. The highest BCUT2D eigenvalue weighted by atomic mass is 19.4. The van der Waals surface area contributed by atoms with E-state index in [9.17, 15) is 43.9 Å². The number of hydrogen-bond acceptors (Lipinski definition) is 1. The van der Waals surface area contributed by atoms with Gasteiger partial charge in [0.15, 0.2) is 0 Å². The topological polar surface area (TPSA) is 9.23 Å². The fourth-order valence-electron chi connectivity index (χ4n) is 1.07. The fraction of sp³-hybridized carbons (Fsp3) is 1.00. The summed E-state index contributed by atoms with van der Waals surface area (Å²) < 4.78 is 123. The highest BCUT2D eigenvalue weighted by Gasteiger charge is 2.43. The van der Waals surface area contributed by atoms with Crippen LogP contribution in [-0.2, 0) is 4.74 Å². The molecule has 0 fully saturated rings. The van der Waals surface area contributed by atoms with E-state index in [2.05, 4.69) is 4.74 Å². The molecule has 2 atom stereocenters. The zero-order valence-corrected chi connectivity index (χ0v) is 8.91. The Bertz CT molecular complexity index is 231. The second kappa shape index (κ2) is 6.62. The van der Waals surface area contributed by atoms with E-state index in [1.807, 2.05) is 0 Å². The molecule has 19 heavy (non-hydrogen) atoms. The minimum Gasteiger partial charge on any atom is -0.362 e. The largest absolute Gasteiger partial charge is 0.391 e. The Balaban J connectivity index is 4.76. The smallest absolute Gasteiger partial charge is 0.362 e. The molecule has 0 heterocycles. The molecule has 0 saturated carbocycles. The van der Waals surface area contributed by atoms with Crippen LogP contribution in [0.4, 0.5) is 43.9 Å². The molecular formula is C8H8F10O. The molecule has 0 rings (SSSR count). The second-order valence-electron chi connectivity index (χ2n) is 3.52. The third kappa shape index (κ3) is 8.89. The van der Waals surface area contributed by atoms with E-state index in [1.165, 1.54) is 0 Å². The molecule has 0 N–H and O–H groups in total. The quantitative estimate of drug-likeness (QED) is 0.669. The lowest BCUT2D eigenvalue weighted by Crippen LogP contribution is -2.38. The lowest BCUT2D eigenvalue weighted by Gasteiger charge is -2.25. The van der Waals surface area contributed by atoms with Crippen molar-refractivity contribution in [1.82, 2.24) is 0 Å². The van der Waals surface area contributed by atoms with Crippen LogP contribution in [0.15, 0.2) is 0 Å². The second-order valence-corrected chi connectivity index (χ2v) is 3.52. The lowest BCUT2D eigenvalue weighted by molar-refractivity contribution is -0.226. The van der Waals surface area contributed by atoms with Gasteiger partial charge in [0, 0.05) is 0 Å². The molecule has 0 aliphatic heterocycles. The van der Waals surface area contributed by atoms with Gasteiger partial charge in [0.1, 0.15) is 12.2 Å². The van der Waals surface area contributed by atoms with Gasteiger partial charge in [-0.1, -0.05) is 0 Å². The SMILES string of the molecule is FC(F)C(CC(F)(F)F)OC(CC(F)(F)F)C(F)F. The summed E-state index contributed by atoms with van der Waals surface area (Å²) in [5, 5.41) is 0. The predicted molar refractivity (Wildman–Crippen MR) is 42.0 cm³/mol. The molecule has 0 saturated heterocycles. The molecule has 0 aromatic carbocycles. The van der Waals surface area contributed by atoms with Crippen molar-refractivity contribution in [3.05, 3.63) is 0 Å². The van der Waals surface area contributed by atoms with Gasteiger partial charge in [-0.3, -0.25) is 0 Å². The number of rotatable bonds is 6. The first kappa shape index (κ1) is 18.3. The van der Waals surface area contributed by atoms with Gasteiger partial charge >= 0.3 is 12.4 Å². The zero-order chi connectivity index (χ0) is 15.4. The molecular weight excluding hydrogens is 302 g/mol. The Hall–Kier alpha value is -0.740. The number of hydrogen-bond donors (Lipinski definition) is 0. The summed E-state index contributed by atoms with van der Waals surface area (Å²) in [6.07, 6.45) is -28.8. The summed E-state index contributed by atoms with van der Waals surface area (Å²) in [6, 6.07) is 0. The Morgan fingerprint density at radius 3 is 1.05 bits per heavy atom. The van der Waals surface area contributed by atoms with E-state index in [0.29, 0.717) is 0 Å². The van der Waals surface area contributed by atoms with E-state index in [1.54, 1.807) is 0 Å². The normalized spacial score (nSPS) is 17.1. The van der Waals surface area contributed by atoms with Crippen molar-refractivity contribution in [3.63, 3.8) is 0 Å². The molecule has 2 unspecified atom stereocenters. The Morgan fingerprint density at radius 2 is 0.895 bits per heavy atom. The summed E-state index contributed by atoms with van der Waals surface area (Å²) in [5.41, 5.74) is 0. The number of ether oxygens (including phenoxy) is 1. The molecule has 1 nitrogen and oxygen atoms in total. The van der Waals surface area contributed by atoms with E-state index in [0.717, 1.165) is 0 Å². The average molecular weight is 310 g/mol. The zero-order valence-electron chi connectivity index (χ0n) is 8.91. The maximum absolute atomic E-state index is 12.1. The molecule has 0 radical (unpaired) electrons. The van der Waals surface area contributed by atoms with E-state index in [4.69, 9.17) is 0 Å². The standard InChI is InChI=1S/C8H8F10O/c9-5(10)3(1-7(13,14)15)19-4(6(11)12)2-8(16,17)18/h3-6H,1-2H2. The van der Waals surface area contributed by atoms with E-state index < -0.39 is 50.3 Å². The van der Waals surface area contributed by atoms with Crippen molar-refractivity contribution in [2.24, 2.45) is 0 Å². The van der Waals surface area contributed by atoms with Gasteiger partial charge in [0.05, 0.1) is 12.8 Å². The van der Waals surface area contributed by atoms with Gasteiger partial charge in [0.25, 0.3) is 12.9 Å². The molecule has 0 spiro atoms. The summed E-state index contributed by atoms with van der Waals surface area (Å²) in [5.74, 6) is 0. The first-order valence-electron chi connectivity index (χ1n) is 4.67. The van der Waals surface area contributed by atoms with Crippen molar-refractivity contribution < 1.29 is 48.6 Å².